The average Bonchev–Trinajstić information content (AvgIpc) is 2.85. The van der Waals surface area contributed by atoms with Gasteiger partial charge in [-0.3, -0.25) is 0 Å². The fraction of sp³-hybridized carbons (Fsp3) is 0.533. The van der Waals surface area contributed by atoms with Gasteiger partial charge in [-0.25, -0.2) is 0 Å². The summed E-state index contributed by atoms with van der Waals surface area (Å²) in [5.74, 6) is 1.79. The van der Waals surface area contributed by atoms with E-state index in [1.54, 1.807) is 0 Å². The lowest BCUT2D eigenvalue weighted by molar-refractivity contribution is -0.928. The van der Waals surface area contributed by atoms with Crippen LogP contribution in [0.15, 0.2) is 48.5 Å². The summed E-state index contributed by atoms with van der Waals surface area (Å²) in [4.78, 5) is 0. The number of nitriles is 2. The van der Waals surface area contributed by atoms with Gasteiger partial charge in [0.2, 0.25) is 0 Å². The van der Waals surface area contributed by atoms with E-state index in [2.05, 4.69) is 50.5 Å². The molecular formula is C30H40Br2N4. The molecule has 0 aromatic heterocycles. The van der Waals surface area contributed by atoms with Crippen LogP contribution in [0.4, 0.5) is 0 Å². The molecule has 2 aromatic rings. The summed E-state index contributed by atoms with van der Waals surface area (Å²) < 4.78 is 2.27. The Labute approximate surface area is 239 Å². The van der Waals surface area contributed by atoms with E-state index in [0.717, 1.165) is 45.0 Å². The number of halogens is 2. The highest BCUT2D eigenvalue weighted by molar-refractivity contribution is 5.32. The summed E-state index contributed by atoms with van der Waals surface area (Å²) in [6, 6.07) is 20.8. The molecule has 2 heterocycles. The van der Waals surface area contributed by atoms with Gasteiger partial charge in [-0.2, -0.15) is 10.5 Å². The molecule has 0 spiro atoms. The smallest absolute Gasteiger partial charge is 0.104 e. The Bertz CT molecular complexity index is 935. The number of hydrogen-bond donors (Lipinski definition) is 0. The number of benzene rings is 2. The number of hydrogen-bond acceptors (Lipinski definition) is 2. The third kappa shape index (κ3) is 8.42. The van der Waals surface area contributed by atoms with Crippen molar-refractivity contribution in [2.45, 2.75) is 51.6 Å². The fourth-order valence-electron chi connectivity index (χ4n) is 6.11. The minimum atomic E-state index is 0. The van der Waals surface area contributed by atoms with E-state index in [1.807, 2.05) is 24.3 Å². The Balaban J connectivity index is 0.00000228. The second-order valence-corrected chi connectivity index (χ2v) is 11.5. The maximum absolute atomic E-state index is 9.01. The predicted octanol–water partition coefficient (Wildman–Crippen LogP) is -0.368. The zero-order chi connectivity index (χ0) is 24.0. The number of nitrogens with zero attached hydrogens (tertiary/aromatic N) is 4. The van der Waals surface area contributed by atoms with Crippen molar-refractivity contribution in [2.75, 3.05) is 40.3 Å². The molecule has 0 saturated carbocycles. The van der Waals surface area contributed by atoms with Crippen LogP contribution >= 0.6 is 0 Å². The van der Waals surface area contributed by atoms with Crippen LogP contribution in [0.1, 0.15) is 60.8 Å². The van der Waals surface area contributed by atoms with Crippen molar-refractivity contribution in [3.8, 4) is 12.1 Å². The molecule has 0 amide bonds. The van der Waals surface area contributed by atoms with Gasteiger partial charge in [0, 0.05) is 11.1 Å². The van der Waals surface area contributed by atoms with Crippen LogP contribution in [0.2, 0.25) is 0 Å². The second-order valence-electron chi connectivity index (χ2n) is 11.5. The zero-order valence-corrected chi connectivity index (χ0v) is 25.0. The largest absolute Gasteiger partial charge is 1.00 e. The van der Waals surface area contributed by atoms with Crippen molar-refractivity contribution in [3.63, 3.8) is 0 Å². The number of rotatable bonds is 7. The quantitative estimate of drug-likeness (QED) is 0.399. The Hall–Kier alpha value is -1.70. The lowest BCUT2D eigenvalue weighted by atomic mass is 9.84. The SMILES string of the molecule is C[N+]1(Cc2ccc(C#N)cc2)CCC(CCC2CC[N+](C)(Cc3ccc(C#N)cc3)CC2)CC1.[Br-].[Br-]. The molecule has 0 radical (unpaired) electrons. The molecule has 0 bridgehead atoms. The molecular weight excluding hydrogens is 576 g/mol. The number of piperidine rings is 2. The van der Waals surface area contributed by atoms with Crippen molar-refractivity contribution < 1.29 is 42.9 Å². The predicted molar refractivity (Wildman–Crippen MR) is 136 cm³/mol. The first kappa shape index (κ1) is 30.5. The van der Waals surface area contributed by atoms with Gasteiger partial charge in [0.15, 0.2) is 0 Å². The molecule has 36 heavy (non-hydrogen) atoms. The summed E-state index contributed by atoms with van der Waals surface area (Å²) in [6.45, 7) is 7.25. The van der Waals surface area contributed by atoms with E-state index < -0.39 is 0 Å². The van der Waals surface area contributed by atoms with E-state index >= 15 is 0 Å². The Kier molecular flexibility index (Phi) is 11.6. The summed E-state index contributed by atoms with van der Waals surface area (Å²) in [7, 11) is 4.81. The summed E-state index contributed by atoms with van der Waals surface area (Å²) in [6.07, 6.45) is 8.22. The van der Waals surface area contributed by atoms with Gasteiger partial charge in [-0.1, -0.05) is 24.3 Å². The molecule has 4 nitrogen and oxygen atoms in total. The van der Waals surface area contributed by atoms with E-state index in [-0.39, 0.29) is 34.0 Å². The molecule has 0 aliphatic carbocycles. The highest BCUT2D eigenvalue weighted by Crippen LogP contribution is 2.32. The highest BCUT2D eigenvalue weighted by Gasteiger charge is 2.33. The second kappa shape index (κ2) is 13.7. The van der Waals surface area contributed by atoms with Gasteiger partial charge in [0.05, 0.1) is 63.5 Å². The van der Waals surface area contributed by atoms with Crippen LogP contribution in [-0.4, -0.2) is 49.2 Å². The third-order valence-corrected chi connectivity index (χ3v) is 8.59. The molecule has 2 aliphatic heterocycles. The van der Waals surface area contributed by atoms with Crippen LogP contribution in [-0.2, 0) is 13.1 Å². The topological polar surface area (TPSA) is 47.6 Å². The first-order valence-electron chi connectivity index (χ1n) is 13.0. The van der Waals surface area contributed by atoms with Crippen LogP contribution in [0.5, 0.6) is 0 Å². The van der Waals surface area contributed by atoms with E-state index in [1.165, 1.54) is 75.8 Å². The van der Waals surface area contributed by atoms with E-state index in [4.69, 9.17) is 10.5 Å². The standard InChI is InChI=1S/C30H40N4.2BrH/c1-33(23-29-9-5-27(21-31)6-10-29)17-13-25(14-18-33)3-4-26-15-19-34(2,20-16-26)24-30-11-7-28(22-32)8-12-30;;/h5-12,25-26H,3-4,13-20,23-24H2,1-2H3;2*1H/q+2;;/p-2. The molecule has 2 saturated heterocycles. The minimum Gasteiger partial charge on any atom is -1.00 e. The molecule has 0 unspecified atom stereocenters. The van der Waals surface area contributed by atoms with Gasteiger partial charge in [0.1, 0.15) is 13.1 Å². The van der Waals surface area contributed by atoms with Gasteiger partial charge in [0.25, 0.3) is 0 Å². The van der Waals surface area contributed by atoms with Crippen molar-refractivity contribution in [1.29, 1.82) is 10.5 Å². The first-order chi connectivity index (χ1) is 16.4. The van der Waals surface area contributed by atoms with Gasteiger partial charge >= 0.3 is 0 Å². The van der Waals surface area contributed by atoms with Crippen molar-refractivity contribution in [3.05, 3.63) is 70.8 Å². The monoisotopic (exact) mass is 614 g/mol. The van der Waals surface area contributed by atoms with Gasteiger partial charge in [-0.15, -0.1) is 0 Å². The summed E-state index contributed by atoms with van der Waals surface area (Å²) in [5, 5.41) is 18.0. The average molecular weight is 616 g/mol. The molecule has 0 N–H and O–H groups in total. The maximum Gasteiger partial charge on any atom is 0.104 e. The Morgan fingerprint density at radius 1 is 0.611 bits per heavy atom. The molecule has 0 atom stereocenters. The summed E-state index contributed by atoms with van der Waals surface area (Å²) in [5.41, 5.74) is 4.20. The van der Waals surface area contributed by atoms with E-state index in [0.29, 0.717) is 0 Å². The molecule has 2 fully saturated rings. The fourth-order valence-corrected chi connectivity index (χ4v) is 6.11. The van der Waals surface area contributed by atoms with Crippen molar-refractivity contribution in [1.82, 2.24) is 0 Å². The molecule has 194 valence electrons. The maximum atomic E-state index is 9.01. The van der Waals surface area contributed by atoms with Crippen LogP contribution in [0, 0.1) is 34.5 Å². The molecule has 4 rings (SSSR count). The minimum absolute atomic E-state index is 0. The lowest BCUT2D eigenvalue weighted by Crippen LogP contribution is -3.00. The van der Waals surface area contributed by atoms with Crippen LogP contribution in [0.25, 0.3) is 0 Å². The lowest BCUT2D eigenvalue weighted by Gasteiger charge is -2.42. The Morgan fingerprint density at radius 2 is 0.917 bits per heavy atom. The third-order valence-electron chi connectivity index (χ3n) is 8.59. The van der Waals surface area contributed by atoms with Gasteiger partial charge in [-0.05, 0) is 74.6 Å². The highest BCUT2D eigenvalue weighted by atomic mass is 79.9. The first-order valence-corrected chi connectivity index (χ1v) is 13.0. The van der Waals surface area contributed by atoms with Crippen LogP contribution < -0.4 is 34.0 Å². The molecule has 2 aromatic carbocycles. The number of likely N-dealkylation sites (tertiary alicyclic amines) is 2. The van der Waals surface area contributed by atoms with Crippen LogP contribution in [0.3, 0.4) is 0 Å². The Morgan fingerprint density at radius 3 is 1.19 bits per heavy atom. The van der Waals surface area contributed by atoms with Gasteiger partial charge < -0.3 is 42.9 Å². The van der Waals surface area contributed by atoms with E-state index in [9.17, 15) is 0 Å². The summed E-state index contributed by atoms with van der Waals surface area (Å²) >= 11 is 0. The number of quaternary nitrogens is 2. The molecule has 2 aliphatic rings. The molecule has 6 heteroatoms. The van der Waals surface area contributed by atoms with Crippen molar-refractivity contribution in [2.24, 2.45) is 11.8 Å². The van der Waals surface area contributed by atoms with Crippen molar-refractivity contribution >= 4 is 0 Å². The normalized spacial score (nSPS) is 27.6. The zero-order valence-electron chi connectivity index (χ0n) is 21.8.